The molecule has 24 heavy (non-hydrogen) atoms. The van der Waals surface area contributed by atoms with Crippen molar-refractivity contribution in [3.8, 4) is 11.5 Å². The van der Waals surface area contributed by atoms with E-state index in [1.54, 1.807) is 0 Å². The number of hydrogen-bond donors (Lipinski definition) is 1. The van der Waals surface area contributed by atoms with Gasteiger partial charge >= 0.3 is 0 Å². The van der Waals surface area contributed by atoms with Gasteiger partial charge in [-0.2, -0.15) is 4.98 Å². The van der Waals surface area contributed by atoms with Crippen LogP contribution in [-0.2, 0) is 11.2 Å². The Morgan fingerprint density at radius 1 is 1.08 bits per heavy atom. The number of rotatable bonds is 4. The smallest absolute Gasteiger partial charge is 0.258 e. The molecule has 0 spiro atoms. The molecule has 3 aromatic rings. The van der Waals surface area contributed by atoms with Crippen molar-refractivity contribution in [2.75, 3.05) is 5.32 Å². The molecule has 5 heteroatoms. The summed E-state index contributed by atoms with van der Waals surface area (Å²) in [4.78, 5) is 16.5. The lowest BCUT2D eigenvalue weighted by atomic mass is 10.1. The fourth-order valence-corrected chi connectivity index (χ4v) is 2.46. The van der Waals surface area contributed by atoms with Crippen molar-refractivity contribution in [3.63, 3.8) is 0 Å². The fourth-order valence-electron chi connectivity index (χ4n) is 2.46. The largest absolute Gasteiger partial charge is 0.334 e. The van der Waals surface area contributed by atoms with Gasteiger partial charge in [0.1, 0.15) is 0 Å². The normalized spacial score (nSPS) is 10.6. The molecular formula is C19H19N3O2. The minimum atomic E-state index is -0.166. The van der Waals surface area contributed by atoms with Gasteiger partial charge in [-0.3, -0.25) is 4.79 Å². The zero-order chi connectivity index (χ0) is 17.1. The number of aromatic nitrogens is 2. The first-order chi connectivity index (χ1) is 11.5. The van der Waals surface area contributed by atoms with E-state index >= 15 is 0 Å². The van der Waals surface area contributed by atoms with Crippen molar-refractivity contribution < 1.29 is 9.32 Å². The van der Waals surface area contributed by atoms with E-state index in [-0.39, 0.29) is 12.3 Å². The molecule has 0 aliphatic heterocycles. The third-order valence-electron chi connectivity index (χ3n) is 3.83. The Morgan fingerprint density at radius 2 is 1.88 bits per heavy atom. The number of nitrogens with one attached hydrogen (secondary N) is 1. The molecule has 1 heterocycles. The van der Waals surface area contributed by atoms with E-state index in [0.29, 0.717) is 11.7 Å². The van der Waals surface area contributed by atoms with Crippen LogP contribution in [0.4, 0.5) is 5.69 Å². The lowest BCUT2D eigenvalue weighted by Gasteiger charge is -2.08. The molecule has 2 aromatic carbocycles. The topological polar surface area (TPSA) is 68.0 Å². The molecule has 1 N–H and O–H groups in total. The van der Waals surface area contributed by atoms with Gasteiger partial charge in [-0.1, -0.05) is 35.5 Å². The van der Waals surface area contributed by atoms with Crippen molar-refractivity contribution in [2.24, 2.45) is 0 Å². The summed E-state index contributed by atoms with van der Waals surface area (Å²) in [5.41, 5.74) is 4.85. The van der Waals surface area contributed by atoms with Gasteiger partial charge in [-0.25, -0.2) is 0 Å². The van der Waals surface area contributed by atoms with Gasteiger partial charge in [0.15, 0.2) is 5.82 Å². The zero-order valence-corrected chi connectivity index (χ0v) is 14.0. The van der Waals surface area contributed by atoms with Crippen LogP contribution in [0.25, 0.3) is 11.5 Å². The summed E-state index contributed by atoms with van der Waals surface area (Å²) < 4.78 is 5.28. The summed E-state index contributed by atoms with van der Waals surface area (Å²) in [6.45, 7) is 5.93. The minimum absolute atomic E-state index is 0.0722. The zero-order valence-electron chi connectivity index (χ0n) is 14.0. The predicted octanol–water partition coefficient (Wildman–Crippen LogP) is 3.84. The highest BCUT2D eigenvalue weighted by Crippen LogP contribution is 2.21. The summed E-state index contributed by atoms with van der Waals surface area (Å²) in [6, 6.07) is 13.7. The molecule has 3 rings (SSSR count). The maximum atomic E-state index is 12.2. The van der Waals surface area contributed by atoms with E-state index < -0.39 is 0 Å². The van der Waals surface area contributed by atoms with Crippen molar-refractivity contribution in [1.29, 1.82) is 0 Å². The summed E-state index contributed by atoms with van der Waals surface area (Å²) in [5, 5.41) is 6.81. The van der Waals surface area contributed by atoms with Crippen LogP contribution in [0, 0.1) is 20.8 Å². The monoisotopic (exact) mass is 321 g/mol. The summed E-state index contributed by atoms with van der Waals surface area (Å²) in [5.74, 6) is 0.638. The highest BCUT2D eigenvalue weighted by atomic mass is 16.5. The van der Waals surface area contributed by atoms with Crippen LogP contribution in [0.3, 0.4) is 0 Å². The maximum absolute atomic E-state index is 12.2. The highest BCUT2D eigenvalue weighted by molar-refractivity contribution is 5.92. The van der Waals surface area contributed by atoms with Crippen molar-refractivity contribution in [1.82, 2.24) is 10.1 Å². The van der Waals surface area contributed by atoms with Crippen LogP contribution in [0.5, 0.6) is 0 Å². The Morgan fingerprint density at radius 3 is 2.67 bits per heavy atom. The molecule has 1 amide bonds. The molecule has 0 saturated heterocycles. The van der Waals surface area contributed by atoms with Crippen LogP contribution in [0.2, 0.25) is 0 Å². The van der Waals surface area contributed by atoms with Crippen molar-refractivity contribution >= 4 is 11.6 Å². The number of anilines is 1. The van der Waals surface area contributed by atoms with Crippen molar-refractivity contribution in [2.45, 2.75) is 27.2 Å². The van der Waals surface area contributed by atoms with Crippen LogP contribution in [0.1, 0.15) is 22.5 Å². The van der Waals surface area contributed by atoms with Crippen LogP contribution >= 0.6 is 0 Å². The molecule has 0 saturated carbocycles. The van der Waals surface area contributed by atoms with Crippen LogP contribution in [0.15, 0.2) is 47.0 Å². The number of nitrogens with zero attached hydrogens (tertiary/aromatic N) is 2. The molecule has 0 bridgehead atoms. The molecule has 0 atom stereocenters. The molecule has 0 aliphatic rings. The molecule has 122 valence electrons. The third-order valence-corrected chi connectivity index (χ3v) is 3.83. The molecular weight excluding hydrogens is 302 g/mol. The number of carbonyl (C=O) groups excluding carboxylic acids is 1. The SMILES string of the molecule is Cc1ccc(C)c(NC(=O)Cc2noc(-c3ccccc3C)n2)c1. The third kappa shape index (κ3) is 3.51. The van der Waals surface area contributed by atoms with E-state index in [2.05, 4.69) is 15.5 Å². The molecule has 1 aromatic heterocycles. The summed E-state index contributed by atoms with van der Waals surface area (Å²) >= 11 is 0. The minimum Gasteiger partial charge on any atom is -0.334 e. The number of hydrogen-bond acceptors (Lipinski definition) is 4. The Bertz CT molecular complexity index is 884. The number of aryl methyl sites for hydroxylation is 3. The van der Waals surface area contributed by atoms with Gasteiger partial charge in [0, 0.05) is 11.3 Å². The maximum Gasteiger partial charge on any atom is 0.258 e. The van der Waals surface area contributed by atoms with Gasteiger partial charge in [0.05, 0.1) is 6.42 Å². The Balaban J connectivity index is 1.72. The molecule has 0 unspecified atom stereocenters. The second-order valence-corrected chi connectivity index (χ2v) is 5.87. The highest BCUT2D eigenvalue weighted by Gasteiger charge is 2.14. The van der Waals surface area contributed by atoms with Gasteiger partial charge in [-0.15, -0.1) is 0 Å². The molecule has 5 nitrogen and oxygen atoms in total. The average molecular weight is 321 g/mol. The Kier molecular flexibility index (Phi) is 4.42. The Hall–Kier alpha value is -2.95. The Labute approximate surface area is 140 Å². The van der Waals surface area contributed by atoms with E-state index in [1.165, 1.54) is 0 Å². The number of benzene rings is 2. The summed E-state index contributed by atoms with van der Waals surface area (Å²) in [7, 11) is 0. The molecule has 0 fully saturated rings. The van der Waals surface area contributed by atoms with E-state index in [1.807, 2.05) is 63.2 Å². The van der Waals surface area contributed by atoms with Gasteiger partial charge in [0.2, 0.25) is 5.91 Å². The standard InChI is InChI=1S/C19H19N3O2/c1-12-8-9-14(3)16(10-12)20-18(23)11-17-21-19(24-22-17)15-7-5-4-6-13(15)2/h4-10H,11H2,1-3H3,(H,20,23). The predicted molar refractivity (Wildman–Crippen MR) is 92.7 cm³/mol. The lowest BCUT2D eigenvalue weighted by molar-refractivity contribution is -0.115. The van der Waals surface area contributed by atoms with Crippen molar-refractivity contribution in [3.05, 3.63) is 65.0 Å². The summed E-state index contributed by atoms with van der Waals surface area (Å²) in [6.07, 6.45) is 0.0722. The first-order valence-corrected chi connectivity index (χ1v) is 7.78. The first kappa shape index (κ1) is 15.9. The molecule has 0 aliphatic carbocycles. The molecule has 0 radical (unpaired) electrons. The lowest BCUT2D eigenvalue weighted by Crippen LogP contribution is -2.16. The number of carbonyl (C=O) groups is 1. The van der Waals surface area contributed by atoms with E-state index in [0.717, 1.165) is 27.9 Å². The van der Waals surface area contributed by atoms with Gasteiger partial charge in [0.25, 0.3) is 5.89 Å². The second-order valence-electron chi connectivity index (χ2n) is 5.87. The van der Waals surface area contributed by atoms with Gasteiger partial charge < -0.3 is 9.84 Å². The van der Waals surface area contributed by atoms with E-state index in [9.17, 15) is 4.79 Å². The van der Waals surface area contributed by atoms with Crippen LogP contribution < -0.4 is 5.32 Å². The quantitative estimate of drug-likeness (QED) is 0.792. The van der Waals surface area contributed by atoms with E-state index in [4.69, 9.17) is 4.52 Å². The van der Waals surface area contributed by atoms with Gasteiger partial charge in [-0.05, 0) is 49.6 Å². The van der Waals surface area contributed by atoms with Crippen LogP contribution in [-0.4, -0.2) is 16.0 Å². The average Bonchev–Trinajstić information content (AvgIpc) is 2.99. The first-order valence-electron chi connectivity index (χ1n) is 7.78. The number of amides is 1. The fraction of sp³-hybridized carbons (Fsp3) is 0.211. The second kappa shape index (κ2) is 6.66.